The number of ether oxygens (including phenoxy) is 2. The number of hydrogen-bond acceptors (Lipinski definition) is 2. The van der Waals surface area contributed by atoms with Gasteiger partial charge in [-0.25, -0.2) is 0 Å². The molecular weight excluding hydrogens is 296 g/mol. The zero-order chi connectivity index (χ0) is 18.1. The molecule has 0 aliphatic rings. The van der Waals surface area contributed by atoms with Gasteiger partial charge in [0.05, 0.1) is 0 Å². The average Bonchev–Trinajstić information content (AvgIpc) is 2.51. The second-order valence-corrected chi connectivity index (χ2v) is 7.69. The van der Waals surface area contributed by atoms with Gasteiger partial charge in [-0.1, -0.05) is 58.9 Å². The SMILES string of the molecule is CC/C=C\CCCCOC(CC(C)(C)C)OCCCC/C=C\CC. The van der Waals surface area contributed by atoms with Gasteiger partial charge in [0.15, 0.2) is 6.29 Å². The Morgan fingerprint density at radius 2 is 1.17 bits per heavy atom. The van der Waals surface area contributed by atoms with Crippen LogP contribution in [-0.2, 0) is 9.47 Å². The monoisotopic (exact) mass is 338 g/mol. The van der Waals surface area contributed by atoms with E-state index in [0.717, 1.165) is 58.2 Å². The van der Waals surface area contributed by atoms with Gasteiger partial charge in [-0.05, 0) is 56.8 Å². The minimum atomic E-state index is -0.0534. The number of unbranched alkanes of at least 4 members (excludes halogenated alkanes) is 4. The van der Waals surface area contributed by atoms with E-state index >= 15 is 0 Å². The summed E-state index contributed by atoms with van der Waals surface area (Å²) in [6, 6.07) is 0. The molecule has 0 aliphatic heterocycles. The van der Waals surface area contributed by atoms with Crippen molar-refractivity contribution in [3.8, 4) is 0 Å². The standard InChI is InChI=1S/C22H42O2/c1-6-8-10-12-14-16-18-23-21(20-22(3,4)5)24-19-17-15-13-11-9-7-2/h8-11,21H,6-7,12-20H2,1-5H3/b10-8-,11-9-. The minimum absolute atomic E-state index is 0.0534. The fourth-order valence-corrected chi connectivity index (χ4v) is 2.39. The van der Waals surface area contributed by atoms with Gasteiger partial charge in [-0.2, -0.15) is 0 Å². The molecule has 0 saturated heterocycles. The Kier molecular flexibility index (Phi) is 15.5. The highest BCUT2D eigenvalue weighted by Crippen LogP contribution is 2.23. The third-order valence-electron chi connectivity index (χ3n) is 3.72. The molecule has 0 N–H and O–H groups in total. The third-order valence-corrected chi connectivity index (χ3v) is 3.72. The summed E-state index contributed by atoms with van der Waals surface area (Å²) in [6.45, 7) is 12.7. The minimum Gasteiger partial charge on any atom is -0.353 e. The van der Waals surface area contributed by atoms with E-state index in [2.05, 4.69) is 58.9 Å². The van der Waals surface area contributed by atoms with Crippen LogP contribution in [0.15, 0.2) is 24.3 Å². The van der Waals surface area contributed by atoms with Crippen LogP contribution in [0.25, 0.3) is 0 Å². The topological polar surface area (TPSA) is 18.5 Å². The van der Waals surface area contributed by atoms with Crippen molar-refractivity contribution < 1.29 is 9.47 Å². The third kappa shape index (κ3) is 17.7. The second kappa shape index (κ2) is 15.9. The molecule has 0 spiro atoms. The molecule has 0 aromatic carbocycles. The molecule has 0 radical (unpaired) electrons. The number of hydrogen-bond donors (Lipinski definition) is 0. The zero-order valence-electron chi connectivity index (χ0n) is 17.0. The lowest BCUT2D eigenvalue weighted by atomic mass is 9.92. The molecule has 0 atom stereocenters. The summed E-state index contributed by atoms with van der Waals surface area (Å²) in [5.74, 6) is 0. The molecule has 2 nitrogen and oxygen atoms in total. The van der Waals surface area contributed by atoms with Crippen LogP contribution in [-0.4, -0.2) is 19.5 Å². The van der Waals surface area contributed by atoms with Crippen LogP contribution in [0.5, 0.6) is 0 Å². The van der Waals surface area contributed by atoms with Crippen molar-refractivity contribution in [3.05, 3.63) is 24.3 Å². The molecule has 0 rings (SSSR count). The van der Waals surface area contributed by atoms with Gasteiger partial charge in [0, 0.05) is 19.6 Å². The maximum atomic E-state index is 6.01. The van der Waals surface area contributed by atoms with Gasteiger partial charge >= 0.3 is 0 Å². The van der Waals surface area contributed by atoms with Crippen molar-refractivity contribution >= 4 is 0 Å². The van der Waals surface area contributed by atoms with E-state index in [9.17, 15) is 0 Å². The summed E-state index contributed by atoms with van der Waals surface area (Å²) in [5, 5.41) is 0. The number of rotatable bonds is 15. The first-order valence-corrected chi connectivity index (χ1v) is 10.0. The molecular formula is C22H42O2. The Labute approximate surface area is 151 Å². The normalized spacial score (nSPS) is 12.9. The molecule has 0 aromatic heterocycles. The van der Waals surface area contributed by atoms with Crippen molar-refractivity contribution in [2.45, 2.75) is 98.7 Å². The summed E-state index contributed by atoms with van der Waals surface area (Å²) < 4.78 is 12.0. The highest BCUT2D eigenvalue weighted by atomic mass is 16.7. The second-order valence-electron chi connectivity index (χ2n) is 7.69. The first-order valence-electron chi connectivity index (χ1n) is 10.0. The Hall–Kier alpha value is -0.600. The lowest BCUT2D eigenvalue weighted by Crippen LogP contribution is -2.25. The highest BCUT2D eigenvalue weighted by molar-refractivity contribution is 4.80. The van der Waals surface area contributed by atoms with Crippen molar-refractivity contribution in [1.29, 1.82) is 0 Å². The molecule has 24 heavy (non-hydrogen) atoms. The van der Waals surface area contributed by atoms with Crippen LogP contribution in [0.2, 0.25) is 0 Å². The Balaban J connectivity index is 3.89. The average molecular weight is 339 g/mol. The zero-order valence-corrected chi connectivity index (χ0v) is 17.0. The first-order chi connectivity index (χ1) is 11.5. The van der Waals surface area contributed by atoms with Crippen LogP contribution >= 0.6 is 0 Å². The van der Waals surface area contributed by atoms with Gasteiger partial charge in [0.2, 0.25) is 0 Å². The summed E-state index contributed by atoms with van der Waals surface area (Å²) in [5.41, 5.74) is 0.235. The molecule has 0 aliphatic carbocycles. The van der Waals surface area contributed by atoms with E-state index in [0.29, 0.717) is 0 Å². The number of allylic oxidation sites excluding steroid dienone is 4. The molecule has 0 saturated carbocycles. The molecule has 0 amide bonds. The van der Waals surface area contributed by atoms with Crippen molar-refractivity contribution in [2.75, 3.05) is 13.2 Å². The van der Waals surface area contributed by atoms with E-state index in [-0.39, 0.29) is 11.7 Å². The lowest BCUT2D eigenvalue weighted by Gasteiger charge is -2.26. The maximum absolute atomic E-state index is 6.01. The van der Waals surface area contributed by atoms with Gasteiger partial charge in [0.25, 0.3) is 0 Å². The molecule has 0 bridgehead atoms. The van der Waals surface area contributed by atoms with E-state index in [4.69, 9.17) is 9.47 Å². The van der Waals surface area contributed by atoms with E-state index in [1.807, 2.05) is 0 Å². The maximum Gasteiger partial charge on any atom is 0.158 e. The van der Waals surface area contributed by atoms with Gasteiger partial charge in [0.1, 0.15) is 0 Å². The Morgan fingerprint density at radius 1 is 0.708 bits per heavy atom. The largest absolute Gasteiger partial charge is 0.353 e. The highest BCUT2D eigenvalue weighted by Gasteiger charge is 2.19. The smallest absolute Gasteiger partial charge is 0.158 e. The van der Waals surface area contributed by atoms with Gasteiger partial charge in [-0.3, -0.25) is 0 Å². The van der Waals surface area contributed by atoms with Gasteiger partial charge < -0.3 is 9.47 Å². The van der Waals surface area contributed by atoms with Crippen LogP contribution < -0.4 is 0 Å². The molecule has 2 heteroatoms. The van der Waals surface area contributed by atoms with Crippen LogP contribution in [0.4, 0.5) is 0 Å². The summed E-state index contributed by atoms with van der Waals surface area (Å²) in [4.78, 5) is 0. The molecule has 0 fully saturated rings. The predicted molar refractivity (Wildman–Crippen MR) is 106 cm³/mol. The van der Waals surface area contributed by atoms with E-state index in [1.54, 1.807) is 0 Å². The fourth-order valence-electron chi connectivity index (χ4n) is 2.39. The first kappa shape index (κ1) is 23.4. The van der Waals surface area contributed by atoms with E-state index in [1.165, 1.54) is 12.8 Å². The molecule has 0 heterocycles. The van der Waals surface area contributed by atoms with Crippen LogP contribution in [0, 0.1) is 5.41 Å². The van der Waals surface area contributed by atoms with Crippen molar-refractivity contribution in [2.24, 2.45) is 5.41 Å². The van der Waals surface area contributed by atoms with Gasteiger partial charge in [-0.15, -0.1) is 0 Å². The quantitative estimate of drug-likeness (QED) is 0.181. The summed E-state index contributed by atoms with van der Waals surface area (Å²) in [7, 11) is 0. The van der Waals surface area contributed by atoms with Crippen molar-refractivity contribution in [3.63, 3.8) is 0 Å². The van der Waals surface area contributed by atoms with E-state index < -0.39 is 0 Å². The van der Waals surface area contributed by atoms with Crippen molar-refractivity contribution in [1.82, 2.24) is 0 Å². The summed E-state index contributed by atoms with van der Waals surface area (Å²) in [6.07, 6.45) is 19.1. The molecule has 142 valence electrons. The Bertz CT molecular complexity index is 288. The van der Waals surface area contributed by atoms with Crippen LogP contribution in [0.3, 0.4) is 0 Å². The summed E-state index contributed by atoms with van der Waals surface area (Å²) >= 11 is 0. The molecule has 0 unspecified atom stereocenters. The lowest BCUT2D eigenvalue weighted by molar-refractivity contribution is -0.158. The molecule has 0 aromatic rings. The predicted octanol–water partition coefficient (Wildman–Crippen LogP) is 7.05. The van der Waals surface area contributed by atoms with Crippen LogP contribution in [0.1, 0.15) is 92.4 Å². The fraction of sp³-hybridized carbons (Fsp3) is 0.818. The Morgan fingerprint density at radius 3 is 1.54 bits per heavy atom.